The minimum absolute atomic E-state index is 0.0533. The second kappa shape index (κ2) is 7.29. The van der Waals surface area contributed by atoms with Crippen molar-refractivity contribution in [2.45, 2.75) is 40.2 Å². The Labute approximate surface area is 169 Å². The van der Waals surface area contributed by atoms with Gasteiger partial charge in [0.2, 0.25) is 0 Å². The second-order valence-electron chi connectivity index (χ2n) is 7.94. The molecule has 1 aliphatic rings. The highest BCUT2D eigenvalue weighted by Gasteiger charge is 2.28. The zero-order chi connectivity index (χ0) is 20.0. The van der Waals surface area contributed by atoms with E-state index in [4.69, 9.17) is 10.7 Å². The van der Waals surface area contributed by atoms with Gasteiger partial charge >= 0.3 is 0 Å². The van der Waals surface area contributed by atoms with Crippen molar-refractivity contribution in [3.8, 4) is 11.3 Å². The summed E-state index contributed by atoms with van der Waals surface area (Å²) >= 11 is 1.75. The average molecular weight is 398 g/mol. The first-order valence-electron chi connectivity index (χ1n) is 9.84. The second-order valence-corrected chi connectivity index (χ2v) is 9.40. The maximum Gasteiger partial charge on any atom is 0.254 e. The Balaban J connectivity index is 1.87. The molecule has 28 heavy (non-hydrogen) atoms. The Morgan fingerprint density at radius 2 is 2.14 bits per heavy atom. The number of aromatic nitrogens is 3. The molecule has 0 bridgehead atoms. The largest absolute Gasteiger partial charge is 0.338 e. The van der Waals surface area contributed by atoms with Gasteiger partial charge in [-0.1, -0.05) is 0 Å². The van der Waals surface area contributed by atoms with Gasteiger partial charge < -0.3 is 10.6 Å². The molecule has 0 radical (unpaired) electrons. The third-order valence-electron chi connectivity index (χ3n) is 5.51. The van der Waals surface area contributed by atoms with Crippen molar-refractivity contribution >= 4 is 28.3 Å². The van der Waals surface area contributed by atoms with Crippen LogP contribution in [0.3, 0.4) is 0 Å². The number of hydrogen-bond acceptors (Lipinski definition) is 5. The van der Waals surface area contributed by atoms with E-state index < -0.39 is 0 Å². The summed E-state index contributed by atoms with van der Waals surface area (Å²) in [6.07, 6.45) is 2.75. The molecule has 3 aromatic rings. The topological polar surface area (TPSA) is 77.0 Å². The summed E-state index contributed by atoms with van der Waals surface area (Å²) in [4.78, 5) is 22.7. The van der Waals surface area contributed by atoms with Crippen LogP contribution in [0.25, 0.3) is 22.3 Å². The van der Waals surface area contributed by atoms with Crippen molar-refractivity contribution in [3.05, 3.63) is 33.6 Å². The molecule has 1 aliphatic heterocycles. The van der Waals surface area contributed by atoms with Crippen LogP contribution in [-0.2, 0) is 0 Å². The molecule has 1 amide bonds. The molecular weight excluding hydrogens is 370 g/mol. The van der Waals surface area contributed by atoms with Crippen molar-refractivity contribution in [2.24, 2.45) is 11.7 Å². The summed E-state index contributed by atoms with van der Waals surface area (Å²) < 4.78 is 1.90. The Morgan fingerprint density at radius 3 is 2.75 bits per heavy atom. The number of aryl methyl sites for hydroxylation is 2. The SMILES string of the molecule is Cc1cc(-c2cc(C(=O)N3CC[C@@H](CN)C3)c3cnn(C(C)C)c3n2)c(C)s1. The molecule has 1 atom stereocenters. The number of nitrogens with zero attached hydrogens (tertiary/aromatic N) is 4. The maximum absolute atomic E-state index is 13.4. The Bertz CT molecular complexity index is 1040. The van der Waals surface area contributed by atoms with Crippen LogP contribution >= 0.6 is 11.3 Å². The Kier molecular flexibility index (Phi) is 4.97. The van der Waals surface area contributed by atoms with Gasteiger partial charge in [-0.05, 0) is 58.7 Å². The molecule has 0 saturated carbocycles. The number of amides is 1. The third-order valence-corrected chi connectivity index (χ3v) is 6.48. The van der Waals surface area contributed by atoms with E-state index in [2.05, 4.69) is 38.9 Å². The monoisotopic (exact) mass is 397 g/mol. The van der Waals surface area contributed by atoms with E-state index in [1.54, 1.807) is 17.5 Å². The summed E-state index contributed by atoms with van der Waals surface area (Å²) in [6.45, 7) is 10.5. The first-order chi connectivity index (χ1) is 13.4. The number of fused-ring (bicyclic) bond motifs is 1. The Hall–Kier alpha value is -2.25. The van der Waals surface area contributed by atoms with Gasteiger partial charge in [0, 0.05) is 34.4 Å². The number of thiophene rings is 1. The zero-order valence-corrected chi connectivity index (χ0v) is 17.7. The lowest BCUT2D eigenvalue weighted by atomic mass is 10.1. The molecule has 0 spiro atoms. The Morgan fingerprint density at radius 1 is 1.36 bits per heavy atom. The van der Waals surface area contributed by atoms with Gasteiger partial charge in [0.15, 0.2) is 5.65 Å². The molecular formula is C21H27N5OS. The van der Waals surface area contributed by atoms with Crippen LogP contribution in [0.1, 0.15) is 46.4 Å². The van der Waals surface area contributed by atoms with Crippen LogP contribution in [0.5, 0.6) is 0 Å². The van der Waals surface area contributed by atoms with Crippen LogP contribution in [-0.4, -0.2) is 45.2 Å². The molecule has 1 saturated heterocycles. The number of likely N-dealkylation sites (tertiary alicyclic amines) is 1. The molecule has 4 heterocycles. The number of hydrogen-bond donors (Lipinski definition) is 1. The predicted molar refractivity (Wildman–Crippen MR) is 114 cm³/mol. The summed E-state index contributed by atoms with van der Waals surface area (Å²) in [7, 11) is 0. The van der Waals surface area contributed by atoms with E-state index in [9.17, 15) is 4.79 Å². The fourth-order valence-electron chi connectivity index (χ4n) is 3.98. The van der Waals surface area contributed by atoms with Crippen LogP contribution in [0.2, 0.25) is 0 Å². The normalized spacial score (nSPS) is 17.2. The van der Waals surface area contributed by atoms with E-state index in [0.717, 1.165) is 41.8 Å². The first-order valence-corrected chi connectivity index (χ1v) is 10.7. The molecule has 0 unspecified atom stereocenters. The quantitative estimate of drug-likeness (QED) is 0.727. The van der Waals surface area contributed by atoms with E-state index in [-0.39, 0.29) is 11.9 Å². The van der Waals surface area contributed by atoms with Gasteiger partial charge in [-0.3, -0.25) is 4.79 Å². The minimum Gasteiger partial charge on any atom is -0.338 e. The average Bonchev–Trinajstić information content (AvgIpc) is 3.37. The fourth-order valence-corrected chi connectivity index (χ4v) is 4.91. The summed E-state index contributed by atoms with van der Waals surface area (Å²) in [5.41, 5.74) is 9.22. The standard InChI is InChI=1S/C21H27N5OS/c1-12(2)26-20-18(10-23-26)17(21(27)25-6-5-15(9-22)11-25)8-19(24-20)16-7-13(3)28-14(16)4/h7-8,10,12,15H,5-6,9,11,22H2,1-4H3/t15-/m0/s1. The van der Waals surface area contributed by atoms with Crippen LogP contribution in [0, 0.1) is 19.8 Å². The van der Waals surface area contributed by atoms with Gasteiger partial charge in [0.25, 0.3) is 5.91 Å². The molecule has 7 heteroatoms. The smallest absolute Gasteiger partial charge is 0.254 e. The lowest BCUT2D eigenvalue weighted by Gasteiger charge is -2.18. The summed E-state index contributed by atoms with van der Waals surface area (Å²) in [6, 6.07) is 4.27. The number of carbonyl (C=O) groups excluding carboxylic acids is 1. The molecule has 148 valence electrons. The highest BCUT2D eigenvalue weighted by atomic mass is 32.1. The van der Waals surface area contributed by atoms with Gasteiger partial charge in [-0.25, -0.2) is 9.67 Å². The van der Waals surface area contributed by atoms with Gasteiger partial charge in [0.05, 0.1) is 22.8 Å². The third kappa shape index (κ3) is 3.22. The molecule has 1 fully saturated rings. The predicted octanol–water partition coefficient (Wildman–Crippen LogP) is 3.78. The van der Waals surface area contributed by atoms with Gasteiger partial charge in [-0.15, -0.1) is 11.3 Å². The number of pyridine rings is 1. The zero-order valence-electron chi connectivity index (χ0n) is 16.9. The van der Waals surface area contributed by atoms with Crippen LogP contribution in [0.15, 0.2) is 18.3 Å². The van der Waals surface area contributed by atoms with Crippen molar-refractivity contribution in [2.75, 3.05) is 19.6 Å². The lowest BCUT2D eigenvalue weighted by molar-refractivity contribution is 0.0789. The fraction of sp³-hybridized carbons (Fsp3) is 0.476. The minimum atomic E-state index is 0.0533. The van der Waals surface area contributed by atoms with Crippen LogP contribution < -0.4 is 5.73 Å². The molecule has 4 rings (SSSR count). The number of rotatable bonds is 4. The molecule has 3 aromatic heterocycles. The summed E-state index contributed by atoms with van der Waals surface area (Å²) in [5.74, 6) is 0.443. The van der Waals surface area contributed by atoms with E-state index in [0.29, 0.717) is 18.0 Å². The van der Waals surface area contributed by atoms with E-state index in [1.165, 1.54) is 9.75 Å². The highest BCUT2D eigenvalue weighted by Crippen LogP contribution is 2.33. The van der Waals surface area contributed by atoms with E-state index >= 15 is 0 Å². The molecule has 0 aromatic carbocycles. The van der Waals surface area contributed by atoms with Crippen molar-refractivity contribution in [1.82, 2.24) is 19.7 Å². The maximum atomic E-state index is 13.4. The number of nitrogens with two attached hydrogens (primary N) is 1. The highest BCUT2D eigenvalue weighted by molar-refractivity contribution is 7.12. The summed E-state index contributed by atoms with van der Waals surface area (Å²) in [5, 5.41) is 5.35. The molecule has 6 nitrogen and oxygen atoms in total. The van der Waals surface area contributed by atoms with Gasteiger partial charge in [0.1, 0.15) is 0 Å². The lowest BCUT2D eigenvalue weighted by Crippen LogP contribution is -2.30. The van der Waals surface area contributed by atoms with Crippen molar-refractivity contribution < 1.29 is 4.79 Å². The molecule has 0 aliphatic carbocycles. The van der Waals surface area contributed by atoms with Crippen molar-refractivity contribution in [3.63, 3.8) is 0 Å². The van der Waals surface area contributed by atoms with Crippen LogP contribution in [0.4, 0.5) is 0 Å². The molecule has 2 N–H and O–H groups in total. The van der Waals surface area contributed by atoms with E-state index in [1.807, 2.05) is 15.6 Å². The van der Waals surface area contributed by atoms with Gasteiger partial charge in [-0.2, -0.15) is 5.10 Å². The number of carbonyl (C=O) groups is 1. The first kappa shape index (κ1) is 19.1. The van der Waals surface area contributed by atoms with Crippen molar-refractivity contribution in [1.29, 1.82) is 0 Å².